The maximum Gasteiger partial charge on any atom is 0.416 e. The molecule has 125 valence electrons. The Labute approximate surface area is 118 Å². The topological polar surface area (TPSA) is 19.9 Å². The van der Waals surface area contributed by atoms with Crippen molar-refractivity contribution in [1.82, 2.24) is 0 Å². The van der Waals surface area contributed by atoms with Crippen molar-refractivity contribution in [2.75, 3.05) is 0 Å². The second-order valence-corrected chi connectivity index (χ2v) is 4.95. The summed E-state index contributed by atoms with van der Waals surface area (Å²) in [5.74, 6) is 0. The third-order valence-electron chi connectivity index (χ3n) is 2.68. The minimum atomic E-state index is -5.54. The third-order valence-corrected chi connectivity index (χ3v) is 2.68. The molecule has 0 heterocycles. The van der Waals surface area contributed by atoms with Gasteiger partial charge < -0.3 is 0 Å². The van der Waals surface area contributed by atoms with Gasteiger partial charge in [-0.2, -0.15) is 39.5 Å². The van der Waals surface area contributed by atoms with Gasteiger partial charge in [0.1, 0.15) is 5.60 Å². The van der Waals surface area contributed by atoms with Crippen molar-refractivity contribution in [3.63, 3.8) is 0 Å². The van der Waals surface area contributed by atoms with E-state index in [0.717, 1.165) is 0 Å². The van der Waals surface area contributed by atoms with E-state index in [1.54, 1.807) is 0 Å². The van der Waals surface area contributed by atoms with Crippen molar-refractivity contribution in [2.45, 2.75) is 38.0 Å². The predicted molar refractivity (Wildman–Crippen MR) is 55.2 cm³/mol. The van der Waals surface area contributed by atoms with Crippen molar-refractivity contribution in [2.24, 2.45) is 0 Å². The predicted octanol–water partition coefficient (Wildman–Crippen LogP) is 5.41. The lowest BCUT2D eigenvalue weighted by Crippen LogP contribution is -2.27. The summed E-state index contributed by atoms with van der Waals surface area (Å²) < 4.78 is 115. The van der Waals surface area contributed by atoms with E-state index >= 15 is 0 Å². The van der Waals surface area contributed by atoms with Crippen LogP contribution >= 0.6 is 0 Å². The molecule has 0 spiro atoms. The normalized spacial score (nSPS) is 14.4. The fourth-order valence-electron chi connectivity index (χ4n) is 1.90. The van der Waals surface area contributed by atoms with Gasteiger partial charge in [0.05, 0.1) is 16.7 Å². The lowest BCUT2D eigenvalue weighted by molar-refractivity contribution is -0.154. The van der Waals surface area contributed by atoms with Gasteiger partial charge in [-0.1, -0.05) is 0 Å². The van der Waals surface area contributed by atoms with Crippen LogP contribution in [0, 0.1) is 0 Å². The van der Waals surface area contributed by atoms with Crippen LogP contribution in [0.2, 0.25) is 0 Å². The zero-order valence-corrected chi connectivity index (χ0v) is 11.0. The first-order chi connectivity index (χ1) is 9.45. The summed E-state index contributed by atoms with van der Waals surface area (Å²) in [5.41, 5.74) is -11.3. The molecule has 0 aliphatic carbocycles. The largest absolute Gasteiger partial charge is 0.416 e. The van der Waals surface area contributed by atoms with Crippen molar-refractivity contribution < 1.29 is 44.6 Å². The highest BCUT2D eigenvalue weighted by atomic mass is 19.4. The van der Waals surface area contributed by atoms with Crippen LogP contribution in [0.25, 0.3) is 0 Å². The molecule has 0 saturated carbocycles. The minimum Gasteiger partial charge on any atom is -0.225 e. The molecule has 10 heteroatoms. The second-order valence-electron chi connectivity index (χ2n) is 4.95. The molecule has 0 amide bonds. The van der Waals surface area contributed by atoms with Gasteiger partial charge >= 0.3 is 18.5 Å². The Bertz CT molecular complexity index is 523. The van der Waals surface area contributed by atoms with E-state index in [1.165, 1.54) is 0 Å². The van der Waals surface area contributed by atoms with Crippen LogP contribution in [-0.4, -0.2) is 0 Å². The van der Waals surface area contributed by atoms with E-state index in [4.69, 9.17) is 0 Å². The molecule has 22 heavy (non-hydrogen) atoms. The van der Waals surface area contributed by atoms with Gasteiger partial charge in [0, 0.05) is 5.56 Å². The van der Waals surface area contributed by atoms with Gasteiger partial charge in [0.15, 0.2) is 0 Å². The zero-order chi connectivity index (χ0) is 17.7. The monoisotopic (exact) mass is 339 g/mol. The molecule has 1 radical (unpaired) electrons. The highest BCUT2D eigenvalue weighted by molar-refractivity contribution is 5.46. The number of hydrogen-bond donors (Lipinski definition) is 0. The second kappa shape index (κ2) is 5.04. The van der Waals surface area contributed by atoms with Crippen molar-refractivity contribution in [3.05, 3.63) is 34.4 Å². The van der Waals surface area contributed by atoms with Gasteiger partial charge in [-0.05, 0) is 26.0 Å². The van der Waals surface area contributed by atoms with Crippen LogP contribution in [0.3, 0.4) is 0 Å². The summed E-state index contributed by atoms with van der Waals surface area (Å²) >= 11 is 0. The fourth-order valence-corrected chi connectivity index (χ4v) is 1.90. The summed E-state index contributed by atoms with van der Waals surface area (Å²) in [6.07, 6.45) is -16.5. The lowest BCUT2D eigenvalue weighted by atomic mass is 9.86. The zero-order valence-electron chi connectivity index (χ0n) is 11.0. The van der Waals surface area contributed by atoms with Crippen LogP contribution in [0.15, 0.2) is 12.1 Å². The Hall–Kier alpha value is -1.45. The molecule has 0 aliphatic rings. The number of benzene rings is 1. The number of hydrogen-bond acceptors (Lipinski definition) is 0. The average molecular weight is 339 g/mol. The van der Waals surface area contributed by atoms with Crippen molar-refractivity contribution in [1.29, 1.82) is 0 Å². The molecule has 1 aromatic rings. The van der Waals surface area contributed by atoms with Crippen molar-refractivity contribution in [3.8, 4) is 0 Å². The average Bonchev–Trinajstić information content (AvgIpc) is 2.22. The molecule has 0 fully saturated rings. The van der Waals surface area contributed by atoms with Crippen LogP contribution in [0.1, 0.15) is 36.1 Å². The standard InChI is InChI=1S/C12H8F9O/c1-9(2,22)8-6(11(16,17)18)3-5(10(13,14)15)4-7(8)12(19,20)21/h3-4H,1-2H3. The third kappa shape index (κ3) is 3.84. The molecule has 0 bridgehead atoms. The first-order valence-corrected chi connectivity index (χ1v) is 5.56. The smallest absolute Gasteiger partial charge is 0.225 e. The van der Waals surface area contributed by atoms with Crippen LogP contribution in [-0.2, 0) is 29.2 Å². The van der Waals surface area contributed by atoms with E-state index in [0.29, 0.717) is 13.8 Å². The molecular formula is C12H8F9O. The molecule has 0 aromatic heterocycles. The van der Waals surface area contributed by atoms with Crippen LogP contribution in [0.4, 0.5) is 39.5 Å². The van der Waals surface area contributed by atoms with E-state index in [1.807, 2.05) is 0 Å². The number of rotatable bonds is 1. The molecule has 0 N–H and O–H groups in total. The molecule has 0 atom stereocenters. The van der Waals surface area contributed by atoms with Gasteiger partial charge in [0.2, 0.25) is 0 Å². The number of halogens is 9. The molecule has 0 saturated heterocycles. The summed E-state index contributed by atoms with van der Waals surface area (Å²) in [7, 11) is 0. The van der Waals surface area contributed by atoms with E-state index in [2.05, 4.69) is 0 Å². The minimum absolute atomic E-state index is 0.482. The highest BCUT2D eigenvalue weighted by Crippen LogP contribution is 2.46. The van der Waals surface area contributed by atoms with Crippen LogP contribution < -0.4 is 0 Å². The lowest BCUT2D eigenvalue weighted by Gasteiger charge is -2.26. The Kier molecular flexibility index (Phi) is 4.26. The van der Waals surface area contributed by atoms with Gasteiger partial charge in [-0.3, -0.25) is 0 Å². The molecule has 0 unspecified atom stereocenters. The van der Waals surface area contributed by atoms with Crippen molar-refractivity contribution >= 4 is 0 Å². The first-order valence-electron chi connectivity index (χ1n) is 5.56. The SMILES string of the molecule is CC(C)([O])c1c(C(F)(F)F)cc(C(F)(F)F)cc1C(F)(F)F. The summed E-state index contributed by atoms with van der Waals surface area (Å²) in [5, 5.41) is 11.7. The first kappa shape index (κ1) is 18.6. The molecule has 1 aromatic carbocycles. The maximum absolute atomic E-state index is 12.8. The summed E-state index contributed by atoms with van der Waals surface area (Å²) in [6, 6.07) is -0.964. The van der Waals surface area contributed by atoms with Gasteiger partial charge in [-0.25, -0.2) is 5.11 Å². The van der Waals surface area contributed by atoms with E-state index < -0.39 is 58.5 Å². The fraction of sp³-hybridized carbons (Fsp3) is 0.500. The summed E-state index contributed by atoms with van der Waals surface area (Å²) in [4.78, 5) is 0. The highest BCUT2D eigenvalue weighted by Gasteiger charge is 2.48. The molecule has 1 nitrogen and oxygen atoms in total. The van der Waals surface area contributed by atoms with Gasteiger partial charge in [-0.15, -0.1) is 0 Å². The Morgan fingerprint density at radius 1 is 0.682 bits per heavy atom. The Morgan fingerprint density at radius 2 is 1.00 bits per heavy atom. The molecule has 0 aliphatic heterocycles. The maximum atomic E-state index is 12.8. The van der Waals surface area contributed by atoms with E-state index in [9.17, 15) is 44.6 Å². The van der Waals surface area contributed by atoms with Gasteiger partial charge in [0.25, 0.3) is 0 Å². The molecular weight excluding hydrogens is 331 g/mol. The Balaban J connectivity index is 3.96. The summed E-state index contributed by atoms with van der Waals surface area (Å²) in [6.45, 7) is 1.03. The Morgan fingerprint density at radius 3 is 1.18 bits per heavy atom. The molecule has 1 rings (SSSR count). The quantitative estimate of drug-likeness (QED) is 0.610. The van der Waals surface area contributed by atoms with Crippen LogP contribution in [0.5, 0.6) is 0 Å². The number of alkyl halides is 9. The van der Waals surface area contributed by atoms with E-state index in [-0.39, 0.29) is 0 Å².